The van der Waals surface area contributed by atoms with Crippen LogP contribution in [0, 0.1) is 6.92 Å². The summed E-state index contributed by atoms with van der Waals surface area (Å²) in [6, 6.07) is 10.6. The van der Waals surface area contributed by atoms with E-state index in [9.17, 15) is 4.79 Å². The molecule has 0 spiro atoms. The minimum absolute atomic E-state index is 0.172. The van der Waals surface area contributed by atoms with Gasteiger partial charge in [0, 0.05) is 36.7 Å². The quantitative estimate of drug-likeness (QED) is 0.460. The Balaban J connectivity index is 1.78. The van der Waals surface area contributed by atoms with Gasteiger partial charge in [-0.25, -0.2) is 4.98 Å². The van der Waals surface area contributed by atoms with Gasteiger partial charge in [-0.1, -0.05) is 12.1 Å². The van der Waals surface area contributed by atoms with Crippen molar-refractivity contribution in [2.24, 2.45) is 0 Å². The molecule has 0 atom stereocenters. The first-order chi connectivity index (χ1) is 13.0. The van der Waals surface area contributed by atoms with Crippen molar-refractivity contribution in [3.63, 3.8) is 0 Å². The number of benzene rings is 1. The zero-order valence-electron chi connectivity index (χ0n) is 16.1. The van der Waals surface area contributed by atoms with Gasteiger partial charge in [0.15, 0.2) is 5.65 Å². The standard InChI is InChI=1S/C20H24N4O2S/c1-14-11-18-21-13-22-24(18)20(23(2)3)17(14)12-15-5-7-16(8-6-15)27-10-9-19(25)26-4/h5-8,11,13H,9-10,12H2,1-4H3. The molecule has 0 radical (unpaired) electrons. The summed E-state index contributed by atoms with van der Waals surface area (Å²) in [4.78, 5) is 18.8. The highest BCUT2D eigenvalue weighted by Crippen LogP contribution is 2.27. The maximum Gasteiger partial charge on any atom is 0.306 e. The average molecular weight is 385 g/mol. The topological polar surface area (TPSA) is 59.7 Å². The Labute approximate surface area is 163 Å². The van der Waals surface area contributed by atoms with Gasteiger partial charge in [0.1, 0.15) is 12.1 Å². The van der Waals surface area contributed by atoms with Gasteiger partial charge in [-0.2, -0.15) is 9.61 Å². The summed E-state index contributed by atoms with van der Waals surface area (Å²) in [5, 5.41) is 4.38. The minimum Gasteiger partial charge on any atom is -0.469 e. The average Bonchev–Trinajstić information content (AvgIpc) is 3.10. The Morgan fingerprint density at radius 2 is 2.00 bits per heavy atom. The van der Waals surface area contributed by atoms with Crippen LogP contribution >= 0.6 is 11.8 Å². The van der Waals surface area contributed by atoms with Crippen molar-refractivity contribution in [1.82, 2.24) is 14.6 Å². The van der Waals surface area contributed by atoms with Gasteiger partial charge in [0.2, 0.25) is 0 Å². The molecule has 7 heteroatoms. The maximum absolute atomic E-state index is 11.2. The first-order valence-corrected chi connectivity index (χ1v) is 9.76. The maximum atomic E-state index is 11.2. The number of rotatable bonds is 7. The molecule has 3 aromatic rings. The highest BCUT2D eigenvalue weighted by molar-refractivity contribution is 7.99. The van der Waals surface area contributed by atoms with Crippen molar-refractivity contribution in [2.75, 3.05) is 31.9 Å². The molecule has 1 aromatic carbocycles. The first-order valence-electron chi connectivity index (χ1n) is 8.77. The van der Waals surface area contributed by atoms with Gasteiger partial charge in [0.05, 0.1) is 13.5 Å². The van der Waals surface area contributed by atoms with E-state index in [-0.39, 0.29) is 5.97 Å². The number of anilines is 1. The van der Waals surface area contributed by atoms with E-state index in [2.05, 4.69) is 57.0 Å². The van der Waals surface area contributed by atoms with E-state index in [0.29, 0.717) is 6.42 Å². The number of carbonyl (C=O) groups excluding carboxylic acids is 1. The molecule has 0 unspecified atom stereocenters. The van der Waals surface area contributed by atoms with Gasteiger partial charge in [-0.3, -0.25) is 4.79 Å². The normalized spacial score (nSPS) is 11.0. The van der Waals surface area contributed by atoms with E-state index < -0.39 is 0 Å². The van der Waals surface area contributed by atoms with Crippen molar-refractivity contribution >= 4 is 29.2 Å². The fraction of sp³-hybridized carbons (Fsp3) is 0.350. The van der Waals surface area contributed by atoms with Crippen LogP contribution in [0.4, 0.5) is 5.82 Å². The fourth-order valence-electron chi connectivity index (χ4n) is 3.04. The van der Waals surface area contributed by atoms with Gasteiger partial charge in [-0.15, -0.1) is 11.8 Å². The van der Waals surface area contributed by atoms with Crippen LogP contribution in [-0.4, -0.2) is 47.5 Å². The minimum atomic E-state index is -0.172. The second-order valence-electron chi connectivity index (χ2n) is 6.55. The third-order valence-corrected chi connectivity index (χ3v) is 5.41. The zero-order valence-corrected chi connectivity index (χ0v) is 16.9. The molecule has 142 valence electrons. The Morgan fingerprint density at radius 1 is 1.26 bits per heavy atom. The second kappa shape index (κ2) is 8.43. The summed E-state index contributed by atoms with van der Waals surface area (Å²) in [5.74, 6) is 1.60. The monoisotopic (exact) mass is 384 g/mol. The van der Waals surface area contributed by atoms with Crippen molar-refractivity contribution in [2.45, 2.75) is 24.7 Å². The lowest BCUT2D eigenvalue weighted by molar-refractivity contribution is -0.140. The molecule has 0 fully saturated rings. The molecule has 3 rings (SSSR count). The number of esters is 1. The van der Waals surface area contributed by atoms with Crippen LogP contribution in [0.3, 0.4) is 0 Å². The summed E-state index contributed by atoms with van der Waals surface area (Å²) in [5.41, 5.74) is 4.54. The Hall–Kier alpha value is -2.54. The van der Waals surface area contributed by atoms with E-state index in [4.69, 9.17) is 0 Å². The van der Waals surface area contributed by atoms with Gasteiger partial charge in [-0.05, 0) is 36.2 Å². The molecule has 0 aliphatic heterocycles. The predicted octanol–water partition coefficient (Wildman–Crippen LogP) is 3.35. The smallest absolute Gasteiger partial charge is 0.306 e. The third-order valence-electron chi connectivity index (χ3n) is 4.40. The first kappa shape index (κ1) is 19.2. The Bertz CT molecular complexity index is 935. The number of nitrogens with zero attached hydrogens (tertiary/aromatic N) is 4. The van der Waals surface area contributed by atoms with Crippen LogP contribution in [0.25, 0.3) is 5.65 Å². The molecule has 6 nitrogen and oxygen atoms in total. The lowest BCUT2D eigenvalue weighted by Crippen LogP contribution is -2.17. The van der Waals surface area contributed by atoms with Crippen LogP contribution in [-0.2, 0) is 16.0 Å². The number of ether oxygens (including phenoxy) is 1. The molecule has 2 aromatic heterocycles. The summed E-state index contributed by atoms with van der Waals surface area (Å²) in [6.45, 7) is 2.12. The van der Waals surface area contributed by atoms with E-state index in [1.54, 1.807) is 18.1 Å². The largest absolute Gasteiger partial charge is 0.469 e. The number of thioether (sulfide) groups is 1. The molecular formula is C20H24N4O2S. The van der Waals surface area contributed by atoms with Gasteiger partial charge in [0.25, 0.3) is 0 Å². The highest BCUT2D eigenvalue weighted by atomic mass is 32.2. The zero-order chi connectivity index (χ0) is 19.4. The van der Waals surface area contributed by atoms with Gasteiger partial charge >= 0.3 is 5.97 Å². The van der Waals surface area contributed by atoms with Crippen molar-refractivity contribution in [3.8, 4) is 0 Å². The summed E-state index contributed by atoms with van der Waals surface area (Å²) in [7, 11) is 5.48. The van der Waals surface area contributed by atoms with Crippen LogP contribution in [0.1, 0.15) is 23.1 Å². The number of aryl methyl sites for hydroxylation is 1. The van der Waals surface area contributed by atoms with E-state index >= 15 is 0 Å². The van der Waals surface area contributed by atoms with Crippen LogP contribution in [0.2, 0.25) is 0 Å². The number of carbonyl (C=O) groups is 1. The van der Waals surface area contributed by atoms with Crippen LogP contribution < -0.4 is 4.90 Å². The van der Waals surface area contributed by atoms with Gasteiger partial charge < -0.3 is 9.64 Å². The number of fused-ring (bicyclic) bond motifs is 1. The molecule has 27 heavy (non-hydrogen) atoms. The third kappa shape index (κ3) is 4.42. The number of pyridine rings is 1. The summed E-state index contributed by atoms with van der Waals surface area (Å²) in [6.07, 6.45) is 2.83. The Kier molecular flexibility index (Phi) is 6.01. The molecule has 0 amide bonds. The molecule has 0 N–H and O–H groups in total. The molecule has 0 aliphatic rings. The van der Waals surface area contributed by atoms with E-state index in [1.807, 2.05) is 18.6 Å². The predicted molar refractivity (Wildman–Crippen MR) is 109 cm³/mol. The molecule has 0 bridgehead atoms. The Morgan fingerprint density at radius 3 is 2.67 bits per heavy atom. The number of methoxy groups -OCH3 is 1. The second-order valence-corrected chi connectivity index (χ2v) is 7.72. The molecule has 0 saturated heterocycles. The lowest BCUT2D eigenvalue weighted by atomic mass is 10.0. The van der Waals surface area contributed by atoms with Crippen molar-refractivity contribution < 1.29 is 9.53 Å². The summed E-state index contributed by atoms with van der Waals surface area (Å²) >= 11 is 1.66. The molecule has 0 aliphatic carbocycles. The molecule has 2 heterocycles. The highest BCUT2D eigenvalue weighted by Gasteiger charge is 2.15. The van der Waals surface area contributed by atoms with Crippen LogP contribution in [0.5, 0.6) is 0 Å². The lowest BCUT2D eigenvalue weighted by Gasteiger charge is -2.20. The number of aromatic nitrogens is 3. The number of hydrogen-bond acceptors (Lipinski definition) is 6. The van der Waals surface area contributed by atoms with E-state index in [0.717, 1.165) is 28.5 Å². The molecular weight excluding hydrogens is 360 g/mol. The SMILES string of the molecule is COC(=O)CCSc1ccc(Cc2c(C)cc3ncnn3c2N(C)C)cc1. The van der Waals surface area contributed by atoms with E-state index in [1.165, 1.54) is 23.8 Å². The molecule has 0 saturated carbocycles. The van der Waals surface area contributed by atoms with Crippen molar-refractivity contribution in [1.29, 1.82) is 0 Å². The fourth-order valence-corrected chi connectivity index (χ4v) is 3.87. The van der Waals surface area contributed by atoms with Crippen LogP contribution in [0.15, 0.2) is 41.6 Å². The number of hydrogen-bond donors (Lipinski definition) is 0. The summed E-state index contributed by atoms with van der Waals surface area (Å²) < 4.78 is 6.56. The van der Waals surface area contributed by atoms with Crippen molar-refractivity contribution in [3.05, 3.63) is 53.3 Å².